The van der Waals surface area contributed by atoms with Crippen molar-refractivity contribution in [2.45, 2.75) is 74.6 Å². The Labute approximate surface area is 260 Å². The monoisotopic (exact) mass is 619 g/mol. The van der Waals surface area contributed by atoms with Crippen LogP contribution in [-0.4, -0.2) is 63.6 Å². The van der Waals surface area contributed by atoms with Gasteiger partial charge < -0.3 is 19.7 Å². The summed E-state index contributed by atoms with van der Waals surface area (Å²) in [5, 5.41) is 3.06. The van der Waals surface area contributed by atoms with Crippen LogP contribution in [0.2, 0.25) is 0 Å². The first-order valence-corrected chi connectivity index (χ1v) is 16.8. The van der Waals surface area contributed by atoms with Crippen LogP contribution in [0.15, 0.2) is 83.8 Å². The zero-order chi connectivity index (χ0) is 30.9. The molecule has 1 heterocycles. The third-order valence-electron chi connectivity index (χ3n) is 8.07. The smallest absolute Gasteiger partial charge is 0.243 e. The van der Waals surface area contributed by atoms with Crippen molar-refractivity contribution in [3.05, 3.63) is 95.6 Å². The van der Waals surface area contributed by atoms with Crippen LogP contribution in [0, 0.1) is 0 Å². The Morgan fingerprint density at radius 2 is 1.64 bits per heavy atom. The van der Waals surface area contributed by atoms with Crippen molar-refractivity contribution < 1.29 is 27.5 Å². The lowest BCUT2D eigenvalue weighted by Crippen LogP contribution is -2.51. The average molecular weight is 620 g/mol. The van der Waals surface area contributed by atoms with Crippen LogP contribution < -0.4 is 14.8 Å². The van der Waals surface area contributed by atoms with E-state index in [4.69, 9.17) is 9.47 Å². The molecule has 1 saturated heterocycles. The van der Waals surface area contributed by atoms with Gasteiger partial charge in [-0.2, -0.15) is 0 Å². The third kappa shape index (κ3) is 8.90. The molecule has 0 bridgehead atoms. The minimum Gasteiger partial charge on any atom is -0.497 e. The number of nitrogens with zero attached hydrogens (tertiary/aromatic N) is 1. The summed E-state index contributed by atoms with van der Waals surface area (Å²) in [4.78, 5) is 29.6. The van der Waals surface area contributed by atoms with Crippen molar-refractivity contribution in [1.29, 1.82) is 0 Å². The van der Waals surface area contributed by atoms with Crippen LogP contribution in [0.4, 0.5) is 0 Å². The molecule has 2 aliphatic rings. The topological polar surface area (TPSA) is 114 Å². The highest BCUT2D eigenvalue weighted by molar-refractivity contribution is 7.89. The Bertz CT molecular complexity index is 1490. The maximum atomic E-state index is 14.0. The molecule has 9 nitrogen and oxygen atoms in total. The highest BCUT2D eigenvalue weighted by Crippen LogP contribution is 2.23. The molecule has 3 aromatic rings. The lowest BCUT2D eigenvalue weighted by molar-refractivity contribution is -0.141. The summed E-state index contributed by atoms with van der Waals surface area (Å²) in [5.74, 6) is 0.324. The number of carbonyl (C=O) groups is 2. The Hall–Kier alpha value is -3.73. The van der Waals surface area contributed by atoms with E-state index in [9.17, 15) is 18.0 Å². The van der Waals surface area contributed by atoms with E-state index in [0.717, 1.165) is 42.4 Å². The molecule has 1 saturated carbocycles. The number of methoxy groups -OCH3 is 1. The maximum Gasteiger partial charge on any atom is 0.243 e. The molecule has 0 unspecified atom stereocenters. The zero-order valence-corrected chi connectivity index (χ0v) is 25.9. The largest absolute Gasteiger partial charge is 0.497 e. The van der Waals surface area contributed by atoms with Crippen molar-refractivity contribution in [3.8, 4) is 5.75 Å². The van der Waals surface area contributed by atoms with Gasteiger partial charge in [0.1, 0.15) is 11.8 Å². The number of hydrogen-bond donors (Lipinski definition) is 2. The van der Waals surface area contributed by atoms with Gasteiger partial charge in [-0.25, -0.2) is 13.1 Å². The van der Waals surface area contributed by atoms with Crippen LogP contribution in [0.5, 0.6) is 5.75 Å². The van der Waals surface area contributed by atoms with Crippen molar-refractivity contribution in [2.24, 2.45) is 0 Å². The number of ether oxygens (including phenoxy) is 2. The molecule has 2 fully saturated rings. The molecule has 2 N–H and O–H groups in total. The van der Waals surface area contributed by atoms with E-state index >= 15 is 0 Å². The number of amides is 2. The molecule has 3 aromatic carbocycles. The fourth-order valence-electron chi connectivity index (χ4n) is 5.34. The van der Waals surface area contributed by atoms with Gasteiger partial charge in [-0.15, -0.1) is 0 Å². The summed E-state index contributed by atoms with van der Waals surface area (Å²) in [6, 6.07) is 23.1. The molecule has 0 spiro atoms. The van der Waals surface area contributed by atoms with Crippen molar-refractivity contribution in [3.63, 3.8) is 0 Å². The molecule has 1 aliphatic carbocycles. The molecule has 234 valence electrons. The van der Waals surface area contributed by atoms with Gasteiger partial charge in [0, 0.05) is 38.6 Å². The molecule has 10 heteroatoms. The molecule has 44 heavy (non-hydrogen) atoms. The minimum absolute atomic E-state index is 0.0201. The Morgan fingerprint density at radius 1 is 0.932 bits per heavy atom. The second-order valence-corrected chi connectivity index (χ2v) is 13.2. The lowest BCUT2D eigenvalue weighted by Gasteiger charge is -2.32. The van der Waals surface area contributed by atoms with Crippen molar-refractivity contribution >= 4 is 21.8 Å². The number of sulfonamides is 1. The van der Waals surface area contributed by atoms with E-state index in [-0.39, 0.29) is 41.8 Å². The first-order chi connectivity index (χ1) is 21.3. The third-order valence-corrected chi connectivity index (χ3v) is 9.61. The van der Waals surface area contributed by atoms with E-state index in [1.165, 1.54) is 0 Å². The first kappa shape index (κ1) is 31.7. The van der Waals surface area contributed by atoms with Gasteiger partial charge >= 0.3 is 0 Å². The zero-order valence-electron chi connectivity index (χ0n) is 25.1. The second-order valence-electron chi connectivity index (χ2n) is 11.5. The van der Waals surface area contributed by atoms with Gasteiger partial charge in [-0.05, 0) is 73.1 Å². The SMILES string of the molecule is COc1ccc(CN(C(=O)CCc2ccc(S(=O)(=O)NC3CC3)cc2)[C@@H](Cc2ccccc2)C(=O)NC[C@@H]2CCCO2)cc1. The van der Waals surface area contributed by atoms with E-state index < -0.39 is 16.1 Å². The highest BCUT2D eigenvalue weighted by atomic mass is 32.2. The summed E-state index contributed by atoms with van der Waals surface area (Å²) >= 11 is 0. The molecule has 1 aliphatic heterocycles. The number of hydrogen-bond acceptors (Lipinski definition) is 6. The molecule has 2 atom stereocenters. The molecule has 5 rings (SSSR count). The number of nitrogens with one attached hydrogen (secondary N) is 2. The number of rotatable bonds is 15. The summed E-state index contributed by atoms with van der Waals surface area (Å²) in [6.07, 6.45) is 4.51. The summed E-state index contributed by atoms with van der Waals surface area (Å²) in [5.41, 5.74) is 2.67. The fourth-order valence-corrected chi connectivity index (χ4v) is 6.64. The summed E-state index contributed by atoms with van der Waals surface area (Å²) in [6.45, 7) is 1.34. The Morgan fingerprint density at radius 3 is 2.27 bits per heavy atom. The first-order valence-electron chi connectivity index (χ1n) is 15.3. The molecule has 2 amide bonds. The maximum absolute atomic E-state index is 14.0. The lowest BCUT2D eigenvalue weighted by atomic mass is 10.0. The molecular formula is C34H41N3O6S. The van der Waals surface area contributed by atoms with Crippen molar-refractivity contribution in [1.82, 2.24) is 14.9 Å². The number of benzene rings is 3. The van der Waals surface area contributed by atoms with Crippen LogP contribution in [0.3, 0.4) is 0 Å². The highest BCUT2D eigenvalue weighted by Gasteiger charge is 2.31. The van der Waals surface area contributed by atoms with E-state index in [0.29, 0.717) is 31.7 Å². The van der Waals surface area contributed by atoms with E-state index in [1.807, 2.05) is 54.6 Å². The quantitative estimate of drug-likeness (QED) is 0.266. The molecular weight excluding hydrogens is 578 g/mol. The number of carbonyl (C=O) groups excluding carboxylic acids is 2. The van der Waals surface area contributed by atoms with Crippen LogP contribution >= 0.6 is 0 Å². The van der Waals surface area contributed by atoms with Crippen LogP contribution in [-0.2, 0) is 43.7 Å². The summed E-state index contributed by atoms with van der Waals surface area (Å²) < 4.78 is 38.8. The van der Waals surface area contributed by atoms with Crippen LogP contribution in [0.1, 0.15) is 48.8 Å². The fraction of sp³-hybridized carbons (Fsp3) is 0.412. The van der Waals surface area contributed by atoms with Gasteiger partial charge in [0.25, 0.3) is 0 Å². The predicted molar refractivity (Wildman–Crippen MR) is 168 cm³/mol. The summed E-state index contributed by atoms with van der Waals surface area (Å²) in [7, 11) is -1.95. The van der Waals surface area contributed by atoms with Gasteiger partial charge in [-0.3, -0.25) is 9.59 Å². The normalized spacial score (nSPS) is 17.2. The molecule has 0 radical (unpaired) electrons. The second kappa shape index (κ2) is 14.8. The Balaban J connectivity index is 1.34. The van der Waals surface area contributed by atoms with E-state index in [2.05, 4.69) is 10.0 Å². The Kier molecular flexibility index (Phi) is 10.7. The van der Waals surface area contributed by atoms with Gasteiger partial charge in [0.15, 0.2) is 0 Å². The van der Waals surface area contributed by atoms with Crippen LogP contribution in [0.25, 0.3) is 0 Å². The minimum atomic E-state index is -3.55. The van der Waals surface area contributed by atoms with Crippen molar-refractivity contribution in [2.75, 3.05) is 20.3 Å². The molecule has 0 aromatic heterocycles. The van der Waals surface area contributed by atoms with Gasteiger partial charge in [0.05, 0.1) is 18.1 Å². The van der Waals surface area contributed by atoms with E-state index in [1.54, 1.807) is 36.3 Å². The number of aryl methyl sites for hydroxylation is 1. The average Bonchev–Trinajstić information content (AvgIpc) is 3.69. The van der Waals surface area contributed by atoms with Gasteiger partial charge in [-0.1, -0.05) is 54.6 Å². The van der Waals surface area contributed by atoms with Gasteiger partial charge in [0.2, 0.25) is 21.8 Å². The predicted octanol–water partition coefficient (Wildman–Crippen LogP) is 4.00. The standard InChI is InChI=1S/C34H41N3O6S/c1-42-29-16-9-27(10-17-29)24-37(32(22-26-6-3-2-4-7-26)34(39)35-23-30-8-5-21-43-30)33(38)20-13-25-11-18-31(19-12-25)44(40,41)36-28-14-15-28/h2-4,6-7,9-12,16-19,28,30,32,36H,5,8,13-15,20-24H2,1H3,(H,35,39)/t30-,32-/m0/s1.